The van der Waals surface area contributed by atoms with Crippen molar-refractivity contribution in [2.75, 3.05) is 13.7 Å². The minimum absolute atomic E-state index is 0.0518. The first-order chi connectivity index (χ1) is 23.5. The predicted molar refractivity (Wildman–Crippen MR) is 164 cm³/mol. The summed E-state index contributed by atoms with van der Waals surface area (Å²) in [5.74, 6) is -9.67. The van der Waals surface area contributed by atoms with Crippen LogP contribution in [0.25, 0.3) is 0 Å². The molecule has 0 bridgehead atoms. The van der Waals surface area contributed by atoms with E-state index in [1.54, 1.807) is 30.3 Å². The van der Waals surface area contributed by atoms with Crippen LogP contribution >= 0.6 is 0 Å². The number of hydrogen-bond acceptors (Lipinski definition) is 12. The molecule has 1 aromatic carbocycles. The Bertz CT molecular complexity index is 1450. The van der Waals surface area contributed by atoms with Crippen LogP contribution in [0.1, 0.15) is 45.6 Å². The van der Waals surface area contributed by atoms with Gasteiger partial charge < -0.3 is 45.5 Å². The fourth-order valence-electron chi connectivity index (χ4n) is 4.31. The van der Waals surface area contributed by atoms with Crippen molar-refractivity contribution in [3.05, 3.63) is 35.9 Å². The van der Waals surface area contributed by atoms with Crippen molar-refractivity contribution in [3.8, 4) is 0 Å². The van der Waals surface area contributed by atoms with Crippen molar-refractivity contribution in [2.24, 2.45) is 5.92 Å². The molecule has 50 heavy (non-hydrogen) atoms. The molecule has 2 rings (SSSR count). The Hall–Kier alpha value is -5.79. The zero-order valence-electron chi connectivity index (χ0n) is 27.5. The van der Waals surface area contributed by atoms with Crippen LogP contribution in [0.15, 0.2) is 30.3 Å². The Morgan fingerprint density at radius 2 is 1.46 bits per heavy atom. The first kappa shape index (κ1) is 40.4. The monoisotopic (exact) mass is 709 g/mol. The van der Waals surface area contributed by atoms with Gasteiger partial charge in [0.25, 0.3) is 11.8 Å². The van der Waals surface area contributed by atoms with Gasteiger partial charge in [0.15, 0.2) is 12.2 Å². The smallest absolute Gasteiger partial charge is 0.426 e. The Morgan fingerprint density at radius 3 is 2.00 bits per heavy atom. The molecule has 0 aliphatic carbocycles. The molecule has 1 aromatic rings. The minimum atomic E-state index is -1.80. The van der Waals surface area contributed by atoms with Gasteiger partial charge in [-0.3, -0.25) is 28.8 Å². The van der Waals surface area contributed by atoms with E-state index in [2.05, 4.69) is 16.0 Å². The number of nitrogens with one attached hydrogen (secondary N) is 3. The van der Waals surface area contributed by atoms with Gasteiger partial charge in [0.1, 0.15) is 24.7 Å². The van der Waals surface area contributed by atoms with Crippen LogP contribution in [0.4, 0.5) is 9.59 Å². The lowest BCUT2D eigenvalue weighted by Gasteiger charge is -2.33. The SMILES string of the molecule is CCOC(=O)[C@@H]1O[C@H]1C(=O)N(C(=O)[C@@H](NC(=O)[C@H](CCC(=O)O)NC(=O)[C@H](CC(=O)O)NC(=O)OCc1ccccc1)C(C)C)N(C)C(=O)O. The van der Waals surface area contributed by atoms with Gasteiger partial charge in [-0.2, -0.15) is 5.01 Å². The molecule has 20 nitrogen and oxygen atoms in total. The molecule has 0 aromatic heterocycles. The lowest BCUT2D eigenvalue weighted by Crippen LogP contribution is -2.62. The highest BCUT2D eigenvalue weighted by molar-refractivity contribution is 6.05. The van der Waals surface area contributed by atoms with Gasteiger partial charge in [-0.1, -0.05) is 44.2 Å². The third kappa shape index (κ3) is 12.0. The van der Waals surface area contributed by atoms with E-state index in [1.165, 1.54) is 20.8 Å². The molecular weight excluding hydrogens is 670 g/mol. The second-order valence-corrected chi connectivity index (χ2v) is 11.1. The number of hydrogen-bond donors (Lipinski definition) is 6. The maximum Gasteiger partial charge on any atom is 0.426 e. The maximum absolute atomic E-state index is 13.7. The van der Waals surface area contributed by atoms with Crippen LogP contribution in [0.2, 0.25) is 0 Å². The Kier molecular flexibility index (Phi) is 15.1. The lowest BCUT2D eigenvalue weighted by molar-refractivity contribution is -0.163. The molecule has 20 heteroatoms. The summed E-state index contributed by atoms with van der Waals surface area (Å²) in [4.78, 5) is 113. The van der Waals surface area contributed by atoms with E-state index in [0.717, 1.165) is 7.05 Å². The van der Waals surface area contributed by atoms with E-state index in [0.29, 0.717) is 5.56 Å². The van der Waals surface area contributed by atoms with Crippen LogP contribution in [0.3, 0.4) is 0 Å². The van der Waals surface area contributed by atoms with Crippen molar-refractivity contribution >= 4 is 53.7 Å². The number of alkyl carbamates (subject to hydrolysis) is 1. The largest absolute Gasteiger partial charge is 0.481 e. The number of benzene rings is 1. The summed E-state index contributed by atoms with van der Waals surface area (Å²) in [6.45, 7) is 4.05. The highest BCUT2D eigenvalue weighted by atomic mass is 16.6. The first-order valence-electron chi connectivity index (χ1n) is 15.2. The van der Waals surface area contributed by atoms with Crippen LogP contribution in [-0.4, -0.2) is 123 Å². The van der Waals surface area contributed by atoms with E-state index in [4.69, 9.17) is 14.2 Å². The number of imide groups is 1. The summed E-state index contributed by atoms with van der Waals surface area (Å²) in [6.07, 6.45) is -8.20. The molecule has 274 valence electrons. The lowest BCUT2D eigenvalue weighted by atomic mass is 10.0. The number of hydrazine groups is 1. The summed E-state index contributed by atoms with van der Waals surface area (Å²) in [6, 6.07) is 3.14. The molecule has 0 unspecified atom stereocenters. The maximum atomic E-state index is 13.7. The summed E-state index contributed by atoms with van der Waals surface area (Å²) < 4.78 is 14.8. The van der Waals surface area contributed by atoms with Crippen molar-refractivity contribution < 1.29 is 72.7 Å². The molecule has 6 N–H and O–H groups in total. The number of ether oxygens (including phenoxy) is 3. The van der Waals surface area contributed by atoms with Gasteiger partial charge in [0.2, 0.25) is 11.8 Å². The molecule has 1 heterocycles. The number of rotatable bonds is 17. The Morgan fingerprint density at radius 1 is 0.840 bits per heavy atom. The van der Waals surface area contributed by atoms with Crippen LogP contribution in [-0.2, 0) is 54.4 Å². The van der Waals surface area contributed by atoms with Crippen molar-refractivity contribution in [3.63, 3.8) is 0 Å². The molecule has 6 amide bonds. The highest BCUT2D eigenvalue weighted by Crippen LogP contribution is 2.27. The summed E-state index contributed by atoms with van der Waals surface area (Å²) in [5, 5.41) is 35.0. The average molecular weight is 710 g/mol. The normalized spacial score (nSPS) is 16.4. The second kappa shape index (κ2) is 18.7. The number of aliphatic carboxylic acids is 2. The van der Waals surface area contributed by atoms with Gasteiger partial charge in [-0.05, 0) is 24.8 Å². The van der Waals surface area contributed by atoms with Crippen molar-refractivity contribution in [2.45, 2.75) is 77.0 Å². The summed E-state index contributed by atoms with van der Waals surface area (Å²) in [5.41, 5.74) is 0.583. The van der Waals surface area contributed by atoms with Crippen LogP contribution in [0, 0.1) is 5.92 Å². The van der Waals surface area contributed by atoms with Crippen molar-refractivity contribution in [1.29, 1.82) is 0 Å². The quantitative estimate of drug-likeness (QED) is 0.0672. The third-order valence-corrected chi connectivity index (χ3v) is 6.96. The number of epoxide rings is 1. The Balaban J connectivity index is 2.28. The van der Waals surface area contributed by atoms with Gasteiger partial charge >= 0.3 is 30.1 Å². The fraction of sp³-hybridized carbons (Fsp3) is 0.500. The summed E-state index contributed by atoms with van der Waals surface area (Å²) >= 11 is 0. The number of nitrogens with zero attached hydrogens (tertiary/aromatic N) is 2. The average Bonchev–Trinajstić information content (AvgIpc) is 3.85. The van der Waals surface area contributed by atoms with E-state index < -0.39 is 109 Å². The molecule has 1 fully saturated rings. The molecule has 1 aliphatic heterocycles. The molecular formula is C30H39N5O15. The van der Waals surface area contributed by atoms with Crippen LogP contribution < -0.4 is 16.0 Å². The van der Waals surface area contributed by atoms with E-state index >= 15 is 0 Å². The number of amides is 6. The molecule has 1 saturated heterocycles. The molecule has 0 spiro atoms. The number of carboxylic acid groups (broad SMARTS) is 3. The standard InChI is InChI=1S/C30H39N5O15/c1-5-48-28(44)23-22(50-23)27(43)35(34(4)30(46)47)26(42)21(15(2)3)33-24(40)17(11-12-19(36)37)31-25(41)18(13-20(38)39)32-29(45)49-14-16-9-7-6-8-10-16/h6-10,15,17-18,21-23H,5,11-14H2,1-4H3,(H,31,41)(H,32,45)(H,33,40)(H,36,37)(H,38,39)(H,46,47)/t17-,18-,21-,22+,23+/m0/s1. The molecule has 5 atom stereocenters. The number of esters is 1. The minimum Gasteiger partial charge on any atom is -0.481 e. The third-order valence-electron chi connectivity index (χ3n) is 6.96. The molecule has 1 aliphatic rings. The molecule has 0 saturated carbocycles. The zero-order valence-corrected chi connectivity index (χ0v) is 27.5. The van der Waals surface area contributed by atoms with Gasteiger partial charge in [-0.25, -0.2) is 19.4 Å². The molecule has 0 radical (unpaired) electrons. The fourth-order valence-corrected chi connectivity index (χ4v) is 4.31. The number of carbonyl (C=O) groups excluding carboxylic acids is 6. The van der Waals surface area contributed by atoms with Gasteiger partial charge in [0.05, 0.1) is 13.0 Å². The summed E-state index contributed by atoms with van der Waals surface area (Å²) in [7, 11) is 0.843. The predicted octanol–water partition coefficient (Wildman–Crippen LogP) is -0.543. The van der Waals surface area contributed by atoms with Crippen molar-refractivity contribution in [1.82, 2.24) is 26.0 Å². The topological polar surface area (TPSA) is 288 Å². The van der Waals surface area contributed by atoms with E-state index in [9.17, 15) is 58.5 Å². The van der Waals surface area contributed by atoms with Gasteiger partial charge in [-0.15, -0.1) is 0 Å². The zero-order chi connectivity index (χ0) is 37.7. The van der Waals surface area contributed by atoms with E-state index in [1.807, 2.05) is 0 Å². The van der Waals surface area contributed by atoms with E-state index in [-0.39, 0.29) is 23.2 Å². The van der Waals surface area contributed by atoms with Crippen LogP contribution in [0.5, 0.6) is 0 Å². The van der Waals surface area contributed by atoms with Gasteiger partial charge in [0, 0.05) is 13.5 Å². The first-order valence-corrected chi connectivity index (χ1v) is 15.2. The number of carbonyl (C=O) groups is 9. The Labute approximate surface area is 285 Å². The second-order valence-electron chi connectivity index (χ2n) is 11.1. The highest BCUT2D eigenvalue weighted by Gasteiger charge is 2.55. The number of carboxylic acids is 2.